The number of carbonyl (C=O) groups is 3. The van der Waals surface area contributed by atoms with E-state index in [1.54, 1.807) is 11.8 Å². The van der Waals surface area contributed by atoms with Crippen LogP contribution >= 0.6 is 0 Å². The van der Waals surface area contributed by atoms with Crippen molar-refractivity contribution < 1.29 is 23.9 Å². The number of nitrogens with one attached hydrogen (secondary N) is 1. The monoisotopic (exact) mass is 499 g/mol. The molecular weight excluding hydrogens is 470 g/mol. The second-order valence-corrected chi connectivity index (χ2v) is 10.0. The highest BCUT2D eigenvalue weighted by molar-refractivity contribution is 6.09. The van der Waals surface area contributed by atoms with Gasteiger partial charge >= 0.3 is 6.03 Å². The van der Waals surface area contributed by atoms with Crippen LogP contribution in [0.15, 0.2) is 60.7 Å². The van der Waals surface area contributed by atoms with Crippen molar-refractivity contribution in [3.8, 4) is 11.5 Å². The lowest BCUT2D eigenvalue weighted by Crippen LogP contribution is -2.44. The van der Waals surface area contributed by atoms with Crippen molar-refractivity contribution in [3.05, 3.63) is 71.8 Å². The Bertz CT molecular complexity index is 1410. The zero-order valence-corrected chi connectivity index (χ0v) is 20.7. The fourth-order valence-corrected chi connectivity index (χ4v) is 5.56. The molecule has 37 heavy (non-hydrogen) atoms. The number of nitrogens with zero attached hydrogens (tertiary/aromatic N) is 2. The van der Waals surface area contributed by atoms with Crippen LogP contribution in [0.5, 0.6) is 11.5 Å². The maximum absolute atomic E-state index is 13.5. The van der Waals surface area contributed by atoms with Crippen LogP contribution in [0.4, 0.5) is 4.79 Å². The maximum Gasteiger partial charge on any atom is 0.325 e. The minimum absolute atomic E-state index is 0.141. The SMILES string of the molecule is C[C@]1(c2ccc3ccccc3c2)NC(=O)N(CC(=O)N2CCC[C@H]2c2ccc3c(c2)OCCCO3)C1=O. The smallest absolute Gasteiger partial charge is 0.325 e. The lowest BCUT2D eigenvalue weighted by Gasteiger charge is -2.27. The van der Waals surface area contributed by atoms with E-state index in [0.717, 1.165) is 40.5 Å². The number of benzene rings is 3. The topological polar surface area (TPSA) is 88.2 Å². The summed E-state index contributed by atoms with van der Waals surface area (Å²) in [4.78, 5) is 42.7. The van der Waals surface area contributed by atoms with Crippen LogP contribution in [-0.4, -0.2) is 53.9 Å². The van der Waals surface area contributed by atoms with Crippen molar-refractivity contribution in [1.29, 1.82) is 0 Å². The highest BCUT2D eigenvalue weighted by Gasteiger charge is 2.50. The first-order chi connectivity index (χ1) is 17.9. The van der Waals surface area contributed by atoms with Crippen LogP contribution in [0, 0.1) is 0 Å². The first kappa shape index (κ1) is 23.3. The number of carbonyl (C=O) groups excluding carboxylic acids is 3. The van der Waals surface area contributed by atoms with Crippen LogP contribution in [0.25, 0.3) is 10.8 Å². The van der Waals surface area contributed by atoms with Gasteiger partial charge in [0, 0.05) is 13.0 Å². The van der Waals surface area contributed by atoms with Crippen LogP contribution in [0.2, 0.25) is 0 Å². The molecule has 0 aliphatic carbocycles. The molecule has 3 aromatic rings. The maximum atomic E-state index is 13.5. The third-order valence-electron chi connectivity index (χ3n) is 7.62. The summed E-state index contributed by atoms with van der Waals surface area (Å²) in [5.74, 6) is 0.729. The fraction of sp³-hybridized carbons (Fsp3) is 0.345. The summed E-state index contributed by atoms with van der Waals surface area (Å²) in [6, 6.07) is 18.7. The van der Waals surface area contributed by atoms with Crippen LogP contribution in [-0.2, 0) is 15.1 Å². The molecular formula is C29H29N3O5. The quantitative estimate of drug-likeness (QED) is 0.546. The Kier molecular flexibility index (Phi) is 5.74. The van der Waals surface area contributed by atoms with E-state index in [1.165, 1.54) is 0 Å². The fourth-order valence-electron chi connectivity index (χ4n) is 5.56. The summed E-state index contributed by atoms with van der Waals surface area (Å²) in [6.45, 7) is 3.17. The van der Waals surface area contributed by atoms with Gasteiger partial charge in [-0.05, 0) is 59.9 Å². The van der Waals surface area contributed by atoms with E-state index in [1.807, 2.05) is 60.7 Å². The van der Waals surface area contributed by atoms with Crippen molar-refractivity contribution in [2.75, 3.05) is 26.3 Å². The molecule has 0 spiro atoms. The summed E-state index contributed by atoms with van der Waals surface area (Å²) in [6.07, 6.45) is 2.47. The highest BCUT2D eigenvalue weighted by atomic mass is 16.5. The van der Waals surface area contributed by atoms with Gasteiger partial charge in [-0.2, -0.15) is 0 Å². The van der Waals surface area contributed by atoms with Crippen molar-refractivity contribution >= 4 is 28.6 Å². The van der Waals surface area contributed by atoms with Crippen molar-refractivity contribution in [2.45, 2.75) is 37.8 Å². The minimum atomic E-state index is -1.24. The van der Waals surface area contributed by atoms with Crippen molar-refractivity contribution in [3.63, 3.8) is 0 Å². The number of amides is 4. The van der Waals surface area contributed by atoms with E-state index in [-0.39, 0.29) is 18.5 Å². The molecule has 1 N–H and O–H groups in total. The number of hydrogen-bond acceptors (Lipinski definition) is 5. The Morgan fingerprint density at radius 1 is 0.973 bits per heavy atom. The summed E-state index contributed by atoms with van der Waals surface area (Å²) in [5.41, 5.74) is 0.416. The van der Waals surface area contributed by atoms with E-state index >= 15 is 0 Å². The van der Waals surface area contributed by atoms with Crippen molar-refractivity contribution in [1.82, 2.24) is 15.1 Å². The van der Waals surface area contributed by atoms with Gasteiger partial charge in [-0.25, -0.2) is 4.79 Å². The van der Waals surface area contributed by atoms with E-state index in [0.29, 0.717) is 36.8 Å². The van der Waals surface area contributed by atoms with Gasteiger partial charge in [0.25, 0.3) is 5.91 Å². The molecule has 0 saturated carbocycles. The number of ether oxygens (including phenoxy) is 2. The molecule has 3 aromatic carbocycles. The van der Waals surface area contributed by atoms with Gasteiger partial charge in [-0.3, -0.25) is 14.5 Å². The van der Waals surface area contributed by atoms with Gasteiger partial charge in [0.2, 0.25) is 5.91 Å². The molecule has 8 nitrogen and oxygen atoms in total. The Hall–Kier alpha value is -4.07. The third kappa shape index (κ3) is 4.06. The second-order valence-electron chi connectivity index (χ2n) is 10.0. The van der Waals surface area contributed by atoms with Gasteiger partial charge in [0.1, 0.15) is 12.1 Å². The molecule has 2 fully saturated rings. The highest BCUT2D eigenvalue weighted by Crippen LogP contribution is 2.38. The molecule has 190 valence electrons. The first-order valence-electron chi connectivity index (χ1n) is 12.8. The number of hydrogen-bond donors (Lipinski definition) is 1. The van der Waals surface area contributed by atoms with Crippen LogP contribution < -0.4 is 14.8 Å². The number of fused-ring (bicyclic) bond motifs is 2. The first-order valence-corrected chi connectivity index (χ1v) is 12.8. The molecule has 3 aliphatic heterocycles. The summed E-state index contributed by atoms with van der Waals surface area (Å²) in [7, 11) is 0. The van der Waals surface area contributed by atoms with E-state index in [2.05, 4.69) is 5.32 Å². The van der Waals surface area contributed by atoms with Crippen LogP contribution in [0.1, 0.15) is 43.4 Å². The van der Waals surface area contributed by atoms with Gasteiger partial charge < -0.3 is 19.7 Å². The second kappa shape index (κ2) is 9.10. The molecule has 4 amide bonds. The Morgan fingerprint density at radius 3 is 2.59 bits per heavy atom. The van der Waals surface area contributed by atoms with Gasteiger partial charge in [-0.15, -0.1) is 0 Å². The molecule has 0 aromatic heterocycles. The van der Waals surface area contributed by atoms with E-state index in [9.17, 15) is 14.4 Å². The number of imide groups is 1. The van der Waals surface area contributed by atoms with E-state index in [4.69, 9.17) is 9.47 Å². The van der Waals surface area contributed by atoms with Crippen molar-refractivity contribution in [2.24, 2.45) is 0 Å². The molecule has 0 bridgehead atoms. The number of likely N-dealkylation sites (tertiary alicyclic amines) is 1. The zero-order chi connectivity index (χ0) is 25.6. The van der Waals surface area contributed by atoms with Gasteiger partial charge in [-0.1, -0.05) is 42.5 Å². The summed E-state index contributed by atoms with van der Waals surface area (Å²) in [5, 5.41) is 4.86. The molecule has 6 rings (SSSR count). The molecule has 3 heterocycles. The number of rotatable bonds is 4. The van der Waals surface area contributed by atoms with Gasteiger partial charge in [0.05, 0.1) is 19.3 Å². The average Bonchev–Trinajstić information content (AvgIpc) is 3.39. The van der Waals surface area contributed by atoms with Gasteiger partial charge in [0.15, 0.2) is 11.5 Å². The predicted molar refractivity (Wildman–Crippen MR) is 137 cm³/mol. The standard InChI is InChI=1S/C29H29N3O5/c1-29(22-11-9-19-6-2-3-7-20(19)16-22)27(34)32(28(35)30-29)18-26(33)31-13-4-8-23(31)21-10-12-24-25(17-21)37-15-5-14-36-24/h2-3,6-7,9-12,16-17,23H,4-5,8,13-15,18H2,1H3,(H,30,35)/t23-,29+/m0/s1. The Labute approximate surface area is 215 Å². The lowest BCUT2D eigenvalue weighted by atomic mass is 9.90. The third-order valence-corrected chi connectivity index (χ3v) is 7.62. The predicted octanol–water partition coefficient (Wildman–Crippen LogP) is 4.13. The molecule has 0 radical (unpaired) electrons. The molecule has 2 atom stereocenters. The Balaban J connectivity index is 1.21. The Morgan fingerprint density at radius 2 is 1.76 bits per heavy atom. The molecule has 8 heteroatoms. The largest absolute Gasteiger partial charge is 0.490 e. The average molecular weight is 500 g/mol. The zero-order valence-electron chi connectivity index (χ0n) is 20.7. The van der Waals surface area contributed by atoms with Crippen LogP contribution in [0.3, 0.4) is 0 Å². The normalized spacial score (nSPS) is 23.3. The minimum Gasteiger partial charge on any atom is -0.490 e. The summed E-state index contributed by atoms with van der Waals surface area (Å²) < 4.78 is 11.6. The number of urea groups is 1. The molecule has 3 aliphatic rings. The lowest BCUT2D eigenvalue weighted by molar-refractivity contribution is -0.139. The summed E-state index contributed by atoms with van der Waals surface area (Å²) >= 11 is 0. The van der Waals surface area contributed by atoms with E-state index < -0.39 is 17.5 Å². The molecule has 0 unspecified atom stereocenters. The molecule has 2 saturated heterocycles.